The highest BCUT2D eigenvalue weighted by molar-refractivity contribution is 7.20. The molecular formula is C23H20Cl2N2O3S. The summed E-state index contributed by atoms with van der Waals surface area (Å²) in [6.45, 7) is 1.96. The maximum absolute atomic E-state index is 13.3. The van der Waals surface area contributed by atoms with E-state index in [0.29, 0.717) is 20.6 Å². The Kier molecular flexibility index (Phi) is 6.51. The highest BCUT2D eigenvalue weighted by Gasteiger charge is 2.31. The Morgan fingerprint density at radius 1 is 1.00 bits per heavy atom. The molecule has 8 heteroatoms. The Hall–Kier alpha value is -2.54. The topological polar surface area (TPSA) is 67.4 Å². The van der Waals surface area contributed by atoms with Crippen LogP contribution in [0.3, 0.4) is 0 Å². The lowest BCUT2D eigenvalue weighted by atomic mass is 9.97. The number of rotatable bonds is 6. The molecule has 1 fully saturated rings. The number of amides is 2. The summed E-state index contributed by atoms with van der Waals surface area (Å²) in [6.07, 6.45) is 1.31. The van der Waals surface area contributed by atoms with Gasteiger partial charge in [0.2, 0.25) is 0 Å². The molecule has 2 aromatic carbocycles. The molecule has 0 bridgehead atoms. The van der Waals surface area contributed by atoms with Crippen molar-refractivity contribution in [2.75, 3.05) is 11.9 Å². The second kappa shape index (κ2) is 9.30. The third-order valence-corrected chi connectivity index (χ3v) is 6.44. The van der Waals surface area contributed by atoms with Gasteiger partial charge in [0.15, 0.2) is 0 Å². The van der Waals surface area contributed by atoms with Crippen molar-refractivity contribution in [1.29, 1.82) is 0 Å². The van der Waals surface area contributed by atoms with E-state index in [1.54, 1.807) is 31.2 Å². The molecule has 1 aliphatic carbocycles. The van der Waals surface area contributed by atoms with Gasteiger partial charge in [-0.2, -0.15) is 0 Å². The number of ether oxygens (including phenoxy) is 1. The maximum atomic E-state index is 13.3. The van der Waals surface area contributed by atoms with Gasteiger partial charge in [0, 0.05) is 26.5 Å². The lowest BCUT2D eigenvalue weighted by molar-refractivity contribution is 0.0953. The zero-order valence-corrected chi connectivity index (χ0v) is 19.0. The third kappa shape index (κ3) is 5.03. The van der Waals surface area contributed by atoms with Gasteiger partial charge in [-0.15, -0.1) is 11.3 Å². The van der Waals surface area contributed by atoms with Crippen LogP contribution in [0.15, 0.2) is 48.5 Å². The fraction of sp³-hybridized carbons (Fsp3) is 0.217. The van der Waals surface area contributed by atoms with Crippen LogP contribution in [-0.2, 0) is 4.74 Å². The fourth-order valence-electron chi connectivity index (χ4n) is 3.18. The zero-order chi connectivity index (χ0) is 22.0. The van der Waals surface area contributed by atoms with Crippen LogP contribution >= 0.6 is 34.5 Å². The second-order valence-corrected chi connectivity index (χ2v) is 9.01. The van der Waals surface area contributed by atoms with Crippen LogP contribution < -0.4 is 10.6 Å². The summed E-state index contributed by atoms with van der Waals surface area (Å²) < 4.78 is 5.06. The first-order chi connectivity index (χ1) is 15.0. The summed E-state index contributed by atoms with van der Waals surface area (Å²) in [7, 11) is 0. The molecule has 0 spiro atoms. The summed E-state index contributed by atoms with van der Waals surface area (Å²) >= 11 is 13.5. The number of anilines is 1. The van der Waals surface area contributed by atoms with E-state index >= 15 is 0 Å². The molecule has 160 valence electrons. The van der Waals surface area contributed by atoms with E-state index < -0.39 is 6.09 Å². The molecule has 2 N–H and O–H groups in total. The normalized spacial score (nSPS) is 13.0. The number of benzene rings is 2. The van der Waals surface area contributed by atoms with Crippen molar-refractivity contribution in [2.45, 2.75) is 25.8 Å². The molecule has 0 atom stereocenters. The largest absolute Gasteiger partial charge is 0.450 e. The van der Waals surface area contributed by atoms with Crippen molar-refractivity contribution < 1.29 is 14.3 Å². The van der Waals surface area contributed by atoms with Gasteiger partial charge in [-0.25, -0.2) is 4.79 Å². The van der Waals surface area contributed by atoms with Crippen LogP contribution in [-0.4, -0.2) is 24.6 Å². The number of nitrogens with one attached hydrogen (secondary N) is 2. The molecule has 1 heterocycles. The number of thiophene rings is 1. The van der Waals surface area contributed by atoms with Crippen LogP contribution in [0.1, 0.15) is 30.1 Å². The van der Waals surface area contributed by atoms with E-state index in [2.05, 4.69) is 10.6 Å². The fourth-order valence-corrected chi connectivity index (χ4v) is 4.64. The molecule has 3 aromatic rings. The van der Waals surface area contributed by atoms with Crippen molar-refractivity contribution in [2.24, 2.45) is 0 Å². The van der Waals surface area contributed by atoms with Gasteiger partial charge in [0.05, 0.1) is 12.2 Å². The van der Waals surface area contributed by atoms with Gasteiger partial charge in [0.1, 0.15) is 5.00 Å². The Bertz CT molecular complexity index is 1110. The van der Waals surface area contributed by atoms with Crippen molar-refractivity contribution in [3.8, 4) is 21.6 Å². The van der Waals surface area contributed by atoms with E-state index in [1.807, 2.05) is 24.3 Å². The average molecular weight is 475 g/mol. The number of hydrogen-bond acceptors (Lipinski definition) is 4. The van der Waals surface area contributed by atoms with Crippen molar-refractivity contribution in [1.82, 2.24) is 5.32 Å². The van der Waals surface area contributed by atoms with Crippen LogP contribution in [0, 0.1) is 0 Å². The van der Waals surface area contributed by atoms with Gasteiger partial charge in [-0.1, -0.05) is 47.5 Å². The number of carbonyl (C=O) groups excluding carboxylic acids is 2. The molecule has 0 radical (unpaired) electrons. The Labute approximate surface area is 194 Å². The van der Waals surface area contributed by atoms with E-state index in [0.717, 1.165) is 34.4 Å². The smallest absolute Gasteiger partial charge is 0.412 e. The van der Waals surface area contributed by atoms with Crippen LogP contribution in [0.5, 0.6) is 0 Å². The first kappa shape index (κ1) is 21.7. The Morgan fingerprint density at radius 3 is 2.13 bits per heavy atom. The molecule has 31 heavy (non-hydrogen) atoms. The molecule has 5 nitrogen and oxygen atoms in total. The summed E-state index contributed by atoms with van der Waals surface area (Å²) in [6, 6.07) is 14.8. The van der Waals surface area contributed by atoms with E-state index in [1.165, 1.54) is 11.3 Å². The van der Waals surface area contributed by atoms with Crippen molar-refractivity contribution >= 4 is 51.5 Å². The molecule has 2 amide bonds. The minimum atomic E-state index is -0.602. The number of hydrogen-bond donors (Lipinski definition) is 2. The van der Waals surface area contributed by atoms with Crippen molar-refractivity contribution in [3.63, 3.8) is 0 Å². The Morgan fingerprint density at radius 2 is 1.58 bits per heavy atom. The van der Waals surface area contributed by atoms with E-state index in [-0.39, 0.29) is 18.6 Å². The average Bonchev–Trinajstić information content (AvgIpc) is 3.48. The SMILES string of the molecule is CCOC(=O)Nc1sc(-c2ccc(Cl)cc2)c(-c2ccc(Cl)cc2)c1C(=O)NC1CC1. The van der Waals surface area contributed by atoms with Gasteiger partial charge >= 0.3 is 6.09 Å². The summed E-state index contributed by atoms with van der Waals surface area (Å²) in [5.41, 5.74) is 2.85. The van der Waals surface area contributed by atoms with E-state index in [9.17, 15) is 9.59 Å². The van der Waals surface area contributed by atoms with Crippen molar-refractivity contribution in [3.05, 3.63) is 64.1 Å². The first-order valence-electron chi connectivity index (χ1n) is 9.89. The number of carbonyl (C=O) groups is 2. The number of halogens is 2. The molecule has 4 rings (SSSR count). The first-order valence-corrected chi connectivity index (χ1v) is 11.5. The molecule has 0 saturated heterocycles. The van der Waals surface area contributed by atoms with Crippen LogP contribution in [0.2, 0.25) is 10.0 Å². The predicted octanol–water partition coefficient (Wildman–Crippen LogP) is 6.85. The molecule has 1 aliphatic rings. The van der Waals surface area contributed by atoms with Crippen LogP contribution in [0.4, 0.5) is 9.80 Å². The minimum absolute atomic E-state index is 0.167. The lowest BCUT2D eigenvalue weighted by Crippen LogP contribution is -2.27. The van der Waals surface area contributed by atoms with Gasteiger partial charge in [-0.3, -0.25) is 10.1 Å². The van der Waals surface area contributed by atoms with Gasteiger partial charge in [-0.05, 0) is 55.2 Å². The highest BCUT2D eigenvalue weighted by atomic mass is 35.5. The summed E-state index contributed by atoms with van der Waals surface area (Å²) in [4.78, 5) is 26.3. The van der Waals surface area contributed by atoms with Gasteiger partial charge in [0.25, 0.3) is 5.91 Å². The molecule has 1 saturated carbocycles. The minimum Gasteiger partial charge on any atom is -0.450 e. The molecule has 1 aromatic heterocycles. The molecular weight excluding hydrogens is 455 g/mol. The monoisotopic (exact) mass is 474 g/mol. The van der Waals surface area contributed by atoms with E-state index in [4.69, 9.17) is 27.9 Å². The van der Waals surface area contributed by atoms with Crippen LogP contribution in [0.25, 0.3) is 21.6 Å². The van der Waals surface area contributed by atoms with Gasteiger partial charge < -0.3 is 10.1 Å². The molecule has 0 aliphatic heterocycles. The maximum Gasteiger partial charge on any atom is 0.412 e. The second-order valence-electron chi connectivity index (χ2n) is 7.12. The standard InChI is InChI=1S/C23H20Cl2N2O3S/c1-2-30-23(29)27-22-19(21(28)26-17-11-12-17)18(13-3-7-15(24)8-4-13)20(31-22)14-5-9-16(25)10-6-14/h3-10,17H,2,11-12H2,1H3,(H,26,28)(H,27,29). The Balaban J connectivity index is 1.90. The quantitative estimate of drug-likeness (QED) is 0.410. The third-order valence-electron chi connectivity index (χ3n) is 4.78. The summed E-state index contributed by atoms with van der Waals surface area (Å²) in [5.74, 6) is -0.226. The predicted molar refractivity (Wildman–Crippen MR) is 126 cm³/mol. The molecule has 0 unspecified atom stereocenters. The highest BCUT2D eigenvalue weighted by Crippen LogP contribution is 2.46. The lowest BCUT2D eigenvalue weighted by Gasteiger charge is -2.11. The summed E-state index contributed by atoms with van der Waals surface area (Å²) in [5, 5.41) is 7.44. The zero-order valence-electron chi connectivity index (χ0n) is 16.7.